The molecule has 1 aromatic heterocycles. The molecule has 0 saturated carbocycles. The van der Waals surface area contributed by atoms with Crippen LogP contribution < -0.4 is 4.74 Å². The predicted molar refractivity (Wildman–Crippen MR) is 80.4 cm³/mol. The number of ether oxygens (including phenoxy) is 1. The van der Waals surface area contributed by atoms with Crippen molar-refractivity contribution in [1.29, 1.82) is 0 Å². The molecule has 1 unspecified atom stereocenters. The summed E-state index contributed by atoms with van der Waals surface area (Å²) in [5, 5.41) is 8.42. The molecule has 1 fully saturated rings. The first-order chi connectivity index (χ1) is 10.2. The van der Waals surface area contributed by atoms with Gasteiger partial charge in [0.05, 0.1) is 13.0 Å². The number of likely N-dealkylation sites (tertiary alicyclic amines) is 1. The Morgan fingerprint density at radius 1 is 1.24 bits per heavy atom. The number of hydrogen-bond donors (Lipinski definition) is 0. The maximum atomic E-state index is 5.87. The molecule has 0 spiro atoms. The van der Waals surface area contributed by atoms with Crippen molar-refractivity contribution < 1.29 is 9.15 Å². The van der Waals surface area contributed by atoms with Crippen LogP contribution in [0.3, 0.4) is 0 Å². The molecule has 1 aliphatic heterocycles. The van der Waals surface area contributed by atoms with Crippen LogP contribution in [0.15, 0.2) is 28.7 Å². The number of aromatic nitrogens is 2. The van der Waals surface area contributed by atoms with Crippen molar-refractivity contribution in [2.24, 2.45) is 0 Å². The Labute approximate surface area is 124 Å². The highest BCUT2D eigenvalue weighted by atomic mass is 16.5. The summed E-state index contributed by atoms with van der Waals surface area (Å²) in [5.74, 6) is 2.51. The molecular weight excluding hydrogens is 266 g/mol. The predicted octanol–water partition coefficient (Wildman–Crippen LogP) is 2.94. The van der Waals surface area contributed by atoms with Crippen LogP contribution in [0, 0.1) is 0 Å². The van der Waals surface area contributed by atoms with E-state index in [0.29, 0.717) is 17.9 Å². The Kier molecular flexibility index (Phi) is 3.92. The zero-order chi connectivity index (χ0) is 14.8. The Hall–Kier alpha value is -1.88. The van der Waals surface area contributed by atoms with Gasteiger partial charge in [-0.05, 0) is 51.1 Å². The number of methoxy groups -OCH3 is 1. The van der Waals surface area contributed by atoms with Crippen LogP contribution >= 0.6 is 0 Å². The SMILES string of the molecule is COc1ccc(-c2nnc(C3CCN(C(C)C)C3)o2)cc1. The number of hydrogen-bond acceptors (Lipinski definition) is 5. The van der Waals surface area contributed by atoms with Crippen molar-refractivity contribution in [2.45, 2.75) is 32.2 Å². The lowest BCUT2D eigenvalue weighted by atomic mass is 10.1. The molecule has 2 aromatic rings. The van der Waals surface area contributed by atoms with Gasteiger partial charge in [-0.2, -0.15) is 0 Å². The first-order valence-corrected chi connectivity index (χ1v) is 7.39. The molecule has 1 saturated heterocycles. The van der Waals surface area contributed by atoms with Gasteiger partial charge in [0.2, 0.25) is 11.8 Å². The van der Waals surface area contributed by atoms with Crippen molar-refractivity contribution >= 4 is 0 Å². The van der Waals surface area contributed by atoms with Crippen molar-refractivity contribution in [3.63, 3.8) is 0 Å². The second-order valence-electron chi connectivity index (χ2n) is 5.75. The molecule has 3 rings (SSSR count). The van der Waals surface area contributed by atoms with Gasteiger partial charge in [-0.3, -0.25) is 0 Å². The first-order valence-electron chi connectivity index (χ1n) is 7.39. The van der Waals surface area contributed by atoms with Crippen molar-refractivity contribution in [3.8, 4) is 17.2 Å². The molecule has 1 aromatic carbocycles. The summed E-state index contributed by atoms with van der Waals surface area (Å²) in [4.78, 5) is 2.45. The second-order valence-corrected chi connectivity index (χ2v) is 5.75. The van der Waals surface area contributed by atoms with Crippen LogP contribution in [0.2, 0.25) is 0 Å². The summed E-state index contributed by atoms with van der Waals surface area (Å²) in [7, 11) is 1.65. The van der Waals surface area contributed by atoms with Gasteiger partial charge in [-0.25, -0.2) is 0 Å². The molecule has 0 bridgehead atoms. The highest BCUT2D eigenvalue weighted by Gasteiger charge is 2.29. The smallest absolute Gasteiger partial charge is 0.247 e. The van der Waals surface area contributed by atoms with Crippen molar-refractivity contribution in [3.05, 3.63) is 30.2 Å². The van der Waals surface area contributed by atoms with Crippen molar-refractivity contribution in [1.82, 2.24) is 15.1 Å². The molecule has 5 nitrogen and oxygen atoms in total. The van der Waals surface area contributed by atoms with Gasteiger partial charge >= 0.3 is 0 Å². The quantitative estimate of drug-likeness (QED) is 0.865. The molecule has 0 radical (unpaired) electrons. The highest BCUT2D eigenvalue weighted by Crippen LogP contribution is 2.29. The third-order valence-corrected chi connectivity index (χ3v) is 4.08. The third kappa shape index (κ3) is 2.93. The summed E-state index contributed by atoms with van der Waals surface area (Å²) in [6.07, 6.45) is 1.09. The van der Waals surface area contributed by atoms with Crippen LogP contribution in [-0.4, -0.2) is 41.3 Å². The second kappa shape index (κ2) is 5.85. The normalized spacial score (nSPS) is 19.3. The molecule has 21 heavy (non-hydrogen) atoms. The lowest BCUT2D eigenvalue weighted by Crippen LogP contribution is -2.27. The van der Waals surface area contributed by atoms with E-state index in [4.69, 9.17) is 9.15 Å². The van der Waals surface area contributed by atoms with E-state index < -0.39 is 0 Å². The monoisotopic (exact) mass is 287 g/mol. The summed E-state index contributed by atoms with van der Waals surface area (Å²) >= 11 is 0. The lowest BCUT2D eigenvalue weighted by Gasteiger charge is -2.19. The summed E-state index contributed by atoms with van der Waals surface area (Å²) in [5.41, 5.74) is 0.924. The molecule has 1 aliphatic rings. The molecular formula is C16H21N3O2. The molecule has 5 heteroatoms. The Balaban J connectivity index is 1.74. The average Bonchev–Trinajstić information content (AvgIpc) is 3.16. The van der Waals surface area contributed by atoms with E-state index in [9.17, 15) is 0 Å². The van der Waals surface area contributed by atoms with Crippen LogP contribution in [0.5, 0.6) is 5.75 Å². The fourth-order valence-electron chi connectivity index (χ4n) is 2.71. The number of nitrogens with zero attached hydrogens (tertiary/aromatic N) is 3. The lowest BCUT2D eigenvalue weighted by molar-refractivity contribution is 0.269. The summed E-state index contributed by atoms with van der Waals surface area (Å²) in [6.45, 7) is 6.54. The molecule has 0 aliphatic carbocycles. The molecule has 1 atom stereocenters. The molecule has 0 amide bonds. The largest absolute Gasteiger partial charge is 0.497 e. The van der Waals surface area contributed by atoms with Gasteiger partial charge < -0.3 is 14.1 Å². The maximum Gasteiger partial charge on any atom is 0.247 e. The molecule has 112 valence electrons. The zero-order valence-corrected chi connectivity index (χ0v) is 12.7. The van der Waals surface area contributed by atoms with E-state index in [1.165, 1.54) is 0 Å². The van der Waals surface area contributed by atoms with Gasteiger partial charge in [0.1, 0.15) is 5.75 Å². The number of rotatable bonds is 4. The Morgan fingerprint density at radius 3 is 2.62 bits per heavy atom. The fraction of sp³-hybridized carbons (Fsp3) is 0.500. The van der Waals surface area contributed by atoms with Gasteiger partial charge in [-0.1, -0.05) is 0 Å². The Bertz CT molecular complexity index is 592. The van der Waals surface area contributed by atoms with Gasteiger partial charge in [0.15, 0.2) is 0 Å². The fourth-order valence-corrected chi connectivity index (χ4v) is 2.71. The van der Waals surface area contributed by atoms with Crippen molar-refractivity contribution in [2.75, 3.05) is 20.2 Å². The van der Waals surface area contributed by atoms with E-state index in [1.807, 2.05) is 24.3 Å². The first kappa shape index (κ1) is 14.1. The number of benzene rings is 1. The third-order valence-electron chi connectivity index (χ3n) is 4.08. The van der Waals surface area contributed by atoms with E-state index in [2.05, 4.69) is 28.9 Å². The van der Waals surface area contributed by atoms with E-state index in [0.717, 1.165) is 36.7 Å². The van der Waals surface area contributed by atoms with E-state index >= 15 is 0 Å². The maximum absolute atomic E-state index is 5.87. The minimum atomic E-state index is 0.354. The van der Waals surface area contributed by atoms with E-state index in [1.54, 1.807) is 7.11 Å². The highest BCUT2D eigenvalue weighted by molar-refractivity contribution is 5.54. The topological polar surface area (TPSA) is 51.4 Å². The molecule has 0 N–H and O–H groups in total. The summed E-state index contributed by atoms with van der Waals surface area (Å²) in [6, 6.07) is 8.24. The van der Waals surface area contributed by atoms with Crippen LogP contribution in [0.1, 0.15) is 32.1 Å². The van der Waals surface area contributed by atoms with Crippen LogP contribution in [0.4, 0.5) is 0 Å². The minimum Gasteiger partial charge on any atom is -0.497 e. The summed E-state index contributed by atoms with van der Waals surface area (Å²) < 4.78 is 11.0. The van der Waals surface area contributed by atoms with Gasteiger partial charge in [0.25, 0.3) is 0 Å². The van der Waals surface area contributed by atoms with Crippen LogP contribution in [-0.2, 0) is 0 Å². The van der Waals surface area contributed by atoms with Gasteiger partial charge in [-0.15, -0.1) is 10.2 Å². The van der Waals surface area contributed by atoms with E-state index in [-0.39, 0.29) is 0 Å². The zero-order valence-electron chi connectivity index (χ0n) is 12.7. The average molecular weight is 287 g/mol. The van der Waals surface area contributed by atoms with Gasteiger partial charge in [0, 0.05) is 18.2 Å². The Morgan fingerprint density at radius 2 is 2.00 bits per heavy atom. The standard InChI is InChI=1S/C16H21N3O2/c1-11(2)19-9-8-13(10-19)16-18-17-15(21-16)12-4-6-14(20-3)7-5-12/h4-7,11,13H,8-10H2,1-3H3. The molecule has 2 heterocycles. The minimum absolute atomic E-state index is 0.354. The van der Waals surface area contributed by atoms with Crippen LogP contribution in [0.25, 0.3) is 11.5 Å².